The highest BCUT2D eigenvalue weighted by molar-refractivity contribution is 5.98. The Morgan fingerprint density at radius 1 is 1.21 bits per heavy atom. The lowest BCUT2D eigenvalue weighted by atomic mass is 9.92. The normalized spacial score (nSPS) is 21.3. The molecule has 4 rings (SSSR count). The van der Waals surface area contributed by atoms with Gasteiger partial charge in [0.15, 0.2) is 0 Å². The third-order valence-corrected chi connectivity index (χ3v) is 5.57. The molecule has 29 heavy (non-hydrogen) atoms. The van der Waals surface area contributed by atoms with Gasteiger partial charge in [0.25, 0.3) is 5.91 Å². The van der Waals surface area contributed by atoms with Crippen LogP contribution in [0.5, 0.6) is 5.75 Å². The van der Waals surface area contributed by atoms with E-state index in [-0.39, 0.29) is 29.4 Å². The first-order valence-electron chi connectivity index (χ1n) is 9.99. The van der Waals surface area contributed by atoms with E-state index in [1.807, 2.05) is 35.2 Å². The Kier molecular flexibility index (Phi) is 4.81. The molecular weight excluding hydrogens is 366 g/mol. The topological polar surface area (TPSA) is 62.7 Å². The summed E-state index contributed by atoms with van der Waals surface area (Å²) in [5, 5.41) is 0. The molecule has 6 heteroatoms. The summed E-state index contributed by atoms with van der Waals surface area (Å²) in [5.74, 6) is 0.607. The molecule has 0 bridgehead atoms. The monoisotopic (exact) mass is 393 g/mol. The Balaban J connectivity index is 1.62. The van der Waals surface area contributed by atoms with Crippen molar-refractivity contribution in [2.24, 2.45) is 5.41 Å². The van der Waals surface area contributed by atoms with Crippen molar-refractivity contribution in [1.29, 1.82) is 0 Å². The van der Waals surface area contributed by atoms with Gasteiger partial charge in [0.1, 0.15) is 11.9 Å². The molecule has 2 aliphatic rings. The number of nitrogens with zero attached hydrogens (tertiary/aromatic N) is 3. The highest BCUT2D eigenvalue weighted by atomic mass is 16.5. The zero-order chi connectivity index (χ0) is 20.8. The van der Waals surface area contributed by atoms with Crippen molar-refractivity contribution in [1.82, 2.24) is 14.8 Å². The molecule has 2 atom stereocenters. The van der Waals surface area contributed by atoms with E-state index in [9.17, 15) is 9.59 Å². The molecule has 6 nitrogen and oxygen atoms in total. The lowest BCUT2D eigenvalue weighted by Gasteiger charge is -2.25. The molecule has 2 aromatic rings. The third kappa shape index (κ3) is 3.84. The molecule has 2 amide bonds. The number of likely N-dealkylation sites (tertiary alicyclic amines) is 1. The van der Waals surface area contributed by atoms with E-state index >= 15 is 0 Å². The van der Waals surface area contributed by atoms with Crippen LogP contribution >= 0.6 is 0 Å². The Morgan fingerprint density at radius 2 is 2.00 bits per heavy atom. The minimum Gasteiger partial charge on any atom is -0.485 e. The number of ether oxygens (including phenoxy) is 1. The predicted molar refractivity (Wildman–Crippen MR) is 111 cm³/mol. The van der Waals surface area contributed by atoms with Gasteiger partial charge < -0.3 is 14.5 Å². The lowest BCUT2D eigenvalue weighted by Crippen LogP contribution is -2.44. The molecular formula is C23H27N3O3. The van der Waals surface area contributed by atoms with Crippen molar-refractivity contribution >= 4 is 11.8 Å². The van der Waals surface area contributed by atoms with Crippen molar-refractivity contribution in [3.63, 3.8) is 0 Å². The Bertz CT molecular complexity index is 936. The molecule has 0 radical (unpaired) electrons. The van der Waals surface area contributed by atoms with E-state index in [0.29, 0.717) is 30.8 Å². The second-order valence-electron chi connectivity index (χ2n) is 9.13. The standard InChI is InChI=1S/C23H27N3O3/c1-23(2,3)11-21(27)26-13-18-20(14-26)29-19-10-15(16-6-5-9-24-12-16)7-8-17(19)22(28)25(18)4/h5-10,12,18,20H,11,13-14H2,1-4H3. The van der Waals surface area contributed by atoms with Gasteiger partial charge >= 0.3 is 0 Å². The summed E-state index contributed by atoms with van der Waals surface area (Å²) < 4.78 is 6.32. The number of carbonyl (C=O) groups is 2. The minimum absolute atomic E-state index is 0.0737. The Hall–Kier alpha value is -2.89. The highest BCUT2D eigenvalue weighted by Gasteiger charge is 2.44. The SMILES string of the molecule is CN1C(=O)c2ccc(-c3cccnc3)cc2OC2CN(C(=O)CC(C)(C)C)CC21. The summed E-state index contributed by atoms with van der Waals surface area (Å²) in [5.41, 5.74) is 2.40. The summed E-state index contributed by atoms with van der Waals surface area (Å²) in [4.78, 5) is 33.5. The smallest absolute Gasteiger partial charge is 0.257 e. The van der Waals surface area contributed by atoms with Crippen LogP contribution in [0.2, 0.25) is 0 Å². The summed E-state index contributed by atoms with van der Waals surface area (Å²) in [6.45, 7) is 7.17. The van der Waals surface area contributed by atoms with Gasteiger partial charge in [-0.05, 0) is 29.2 Å². The second kappa shape index (κ2) is 7.17. The molecule has 1 fully saturated rings. The van der Waals surface area contributed by atoms with Gasteiger partial charge in [-0.15, -0.1) is 0 Å². The van der Waals surface area contributed by atoms with Crippen LogP contribution in [0.25, 0.3) is 11.1 Å². The van der Waals surface area contributed by atoms with E-state index in [1.54, 1.807) is 24.3 Å². The predicted octanol–water partition coefficient (Wildman–Crippen LogP) is 3.23. The van der Waals surface area contributed by atoms with Crippen LogP contribution in [0.1, 0.15) is 37.6 Å². The molecule has 152 valence electrons. The molecule has 1 aromatic heterocycles. The first-order chi connectivity index (χ1) is 13.7. The summed E-state index contributed by atoms with van der Waals surface area (Å²) in [7, 11) is 1.80. The molecule has 2 aliphatic heterocycles. The second-order valence-corrected chi connectivity index (χ2v) is 9.13. The number of hydrogen-bond acceptors (Lipinski definition) is 4. The molecule has 2 unspecified atom stereocenters. The van der Waals surface area contributed by atoms with Crippen LogP contribution in [0.3, 0.4) is 0 Å². The minimum atomic E-state index is -0.238. The van der Waals surface area contributed by atoms with Gasteiger partial charge in [0, 0.05) is 38.0 Å². The van der Waals surface area contributed by atoms with Crippen LogP contribution in [-0.4, -0.2) is 58.9 Å². The van der Waals surface area contributed by atoms with Crippen molar-refractivity contribution in [3.8, 4) is 16.9 Å². The van der Waals surface area contributed by atoms with Gasteiger partial charge in [-0.3, -0.25) is 14.6 Å². The fraction of sp³-hybridized carbons (Fsp3) is 0.435. The van der Waals surface area contributed by atoms with E-state index in [4.69, 9.17) is 4.74 Å². The number of hydrogen-bond donors (Lipinski definition) is 0. The summed E-state index contributed by atoms with van der Waals surface area (Å²) in [6, 6.07) is 9.35. The fourth-order valence-electron chi connectivity index (χ4n) is 4.03. The first kappa shape index (κ1) is 19.4. The maximum Gasteiger partial charge on any atom is 0.257 e. The van der Waals surface area contributed by atoms with Gasteiger partial charge in [-0.25, -0.2) is 0 Å². The van der Waals surface area contributed by atoms with Crippen LogP contribution < -0.4 is 4.74 Å². The molecule has 1 saturated heterocycles. The molecule has 0 N–H and O–H groups in total. The summed E-state index contributed by atoms with van der Waals surface area (Å²) >= 11 is 0. The number of likely N-dealkylation sites (N-methyl/N-ethyl adjacent to an activating group) is 1. The number of carbonyl (C=O) groups excluding carboxylic acids is 2. The zero-order valence-electron chi connectivity index (χ0n) is 17.4. The van der Waals surface area contributed by atoms with Crippen molar-refractivity contribution in [2.75, 3.05) is 20.1 Å². The van der Waals surface area contributed by atoms with Crippen LogP contribution in [0.15, 0.2) is 42.7 Å². The fourth-order valence-corrected chi connectivity index (χ4v) is 4.03. The summed E-state index contributed by atoms with van der Waals surface area (Å²) in [6.07, 6.45) is 3.76. The van der Waals surface area contributed by atoms with Crippen molar-refractivity contribution < 1.29 is 14.3 Å². The Morgan fingerprint density at radius 3 is 2.69 bits per heavy atom. The van der Waals surface area contributed by atoms with Gasteiger partial charge in [-0.1, -0.05) is 32.9 Å². The number of rotatable bonds is 2. The molecule has 0 aliphatic carbocycles. The van der Waals surface area contributed by atoms with Gasteiger partial charge in [0.2, 0.25) is 5.91 Å². The van der Waals surface area contributed by atoms with Crippen molar-refractivity contribution in [3.05, 3.63) is 48.3 Å². The average Bonchev–Trinajstić information content (AvgIpc) is 3.06. The largest absolute Gasteiger partial charge is 0.485 e. The van der Waals surface area contributed by atoms with E-state index in [0.717, 1.165) is 11.1 Å². The van der Waals surface area contributed by atoms with Crippen molar-refractivity contribution in [2.45, 2.75) is 39.3 Å². The van der Waals surface area contributed by atoms with E-state index < -0.39 is 0 Å². The third-order valence-electron chi connectivity index (χ3n) is 5.57. The molecule has 3 heterocycles. The highest BCUT2D eigenvalue weighted by Crippen LogP contribution is 2.34. The first-order valence-corrected chi connectivity index (χ1v) is 9.99. The molecule has 1 aromatic carbocycles. The molecule has 0 saturated carbocycles. The lowest BCUT2D eigenvalue weighted by molar-refractivity contribution is -0.132. The van der Waals surface area contributed by atoms with Crippen LogP contribution in [0.4, 0.5) is 0 Å². The number of amides is 2. The maximum absolute atomic E-state index is 13.1. The quantitative estimate of drug-likeness (QED) is 0.786. The number of pyridine rings is 1. The van der Waals surface area contributed by atoms with E-state index in [1.165, 1.54) is 0 Å². The number of fused-ring (bicyclic) bond motifs is 2. The maximum atomic E-state index is 13.1. The number of benzene rings is 1. The molecule has 0 spiro atoms. The van der Waals surface area contributed by atoms with E-state index in [2.05, 4.69) is 25.8 Å². The zero-order valence-corrected chi connectivity index (χ0v) is 17.4. The van der Waals surface area contributed by atoms with Crippen LogP contribution in [-0.2, 0) is 4.79 Å². The van der Waals surface area contributed by atoms with Gasteiger partial charge in [-0.2, -0.15) is 0 Å². The average molecular weight is 393 g/mol. The number of aromatic nitrogens is 1. The van der Waals surface area contributed by atoms with Gasteiger partial charge in [0.05, 0.1) is 18.2 Å². The Labute approximate surface area is 171 Å². The van der Waals surface area contributed by atoms with Crippen LogP contribution in [0, 0.1) is 5.41 Å².